The molecule has 2 heterocycles. The Balaban J connectivity index is 1.89. The van der Waals surface area contributed by atoms with Crippen molar-refractivity contribution in [1.82, 2.24) is 0 Å². The van der Waals surface area contributed by atoms with Crippen molar-refractivity contribution in [2.75, 3.05) is 17.4 Å². The minimum Gasteiger partial charge on any atom is -0.288 e. The Hall–Kier alpha value is 1.71. The molecule has 0 saturated carbocycles. The summed E-state index contributed by atoms with van der Waals surface area (Å²) in [4.78, 5) is 11.0. The van der Waals surface area contributed by atoms with Gasteiger partial charge in [0, 0.05) is 29.6 Å². The van der Waals surface area contributed by atoms with E-state index in [2.05, 4.69) is 0 Å². The van der Waals surface area contributed by atoms with E-state index in [4.69, 9.17) is 11.6 Å². The van der Waals surface area contributed by atoms with Crippen molar-refractivity contribution in [2.24, 2.45) is 0 Å². The summed E-state index contributed by atoms with van der Waals surface area (Å²) >= 11 is 15.3. The van der Waals surface area contributed by atoms with Crippen LogP contribution in [-0.4, -0.2) is 35.1 Å². The van der Waals surface area contributed by atoms with Gasteiger partial charge in [0.05, 0.1) is 4.58 Å². The summed E-state index contributed by atoms with van der Waals surface area (Å²) in [6.45, 7) is 1.65. The van der Waals surface area contributed by atoms with Gasteiger partial charge in [0.1, 0.15) is 0 Å². The Bertz CT molecular complexity index is 263. The number of thioether (sulfide) groups is 5. The fourth-order valence-corrected chi connectivity index (χ4v) is 11.9. The maximum atomic E-state index is 11.0. The maximum Gasteiger partial charge on any atom is 0.186 e. The summed E-state index contributed by atoms with van der Waals surface area (Å²) in [5.41, 5.74) is 0. The Kier molecular flexibility index (Phi) is 4.88. The van der Waals surface area contributed by atoms with E-state index in [1.807, 2.05) is 47.0 Å². The van der Waals surface area contributed by atoms with Gasteiger partial charge in [0.15, 0.2) is 7.86 Å². The van der Waals surface area contributed by atoms with E-state index >= 15 is 0 Å². The average molecular weight is 319 g/mol. The van der Waals surface area contributed by atoms with Crippen LogP contribution in [0.1, 0.15) is 6.92 Å². The first-order chi connectivity index (χ1) is 7.13. The third kappa shape index (κ3) is 3.35. The molecule has 2 fully saturated rings. The van der Waals surface area contributed by atoms with E-state index in [1.54, 1.807) is 6.92 Å². The molecule has 2 saturated heterocycles. The lowest BCUT2D eigenvalue weighted by Crippen LogP contribution is -2.05. The SMILES string of the molecule is CC(=O)S[C@H]1CS[C@@]2(SC[C@@H](CCl)S2)S1. The van der Waals surface area contributed by atoms with Crippen molar-refractivity contribution in [2.45, 2.75) is 19.5 Å². The molecule has 86 valence electrons. The lowest BCUT2D eigenvalue weighted by Gasteiger charge is -2.19. The van der Waals surface area contributed by atoms with Crippen LogP contribution in [0.2, 0.25) is 0 Å². The largest absolute Gasteiger partial charge is 0.288 e. The van der Waals surface area contributed by atoms with E-state index in [0.717, 1.165) is 17.4 Å². The zero-order valence-corrected chi connectivity index (χ0v) is 12.9. The van der Waals surface area contributed by atoms with E-state index in [9.17, 15) is 4.79 Å². The van der Waals surface area contributed by atoms with Gasteiger partial charge in [-0.3, -0.25) is 4.79 Å². The smallest absolute Gasteiger partial charge is 0.186 e. The van der Waals surface area contributed by atoms with E-state index in [1.165, 1.54) is 11.8 Å². The van der Waals surface area contributed by atoms with Crippen LogP contribution in [0.5, 0.6) is 0 Å². The van der Waals surface area contributed by atoms with Crippen LogP contribution in [-0.2, 0) is 4.79 Å². The molecule has 1 spiro atoms. The standard InChI is InChI=1S/C8H11ClOS5/c1-5(10)13-7-4-12-8(15-7)11-3-6(2-9)14-8/h6-7H,2-4H2,1H3/t6-,7-,8-/m1/s1. The predicted molar refractivity (Wildman–Crippen MR) is 79.4 cm³/mol. The monoisotopic (exact) mass is 318 g/mol. The normalized spacial score (nSPS) is 40.1. The molecule has 15 heavy (non-hydrogen) atoms. The summed E-state index contributed by atoms with van der Waals surface area (Å²) in [5.74, 6) is 2.96. The molecular weight excluding hydrogens is 308 g/mol. The fraction of sp³-hybridized carbons (Fsp3) is 0.875. The molecule has 0 bridgehead atoms. The van der Waals surface area contributed by atoms with Gasteiger partial charge in [0.2, 0.25) is 0 Å². The molecule has 0 aromatic carbocycles. The first-order valence-electron chi connectivity index (χ1n) is 4.50. The molecule has 7 heteroatoms. The third-order valence-corrected chi connectivity index (χ3v) is 11.7. The molecule has 1 nitrogen and oxygen atoms in total. The number of alkyl halides is 1. The first-order valence-corrected chi connectivity index (χ1v) is 9.65. The average Bonchev–Trinajstić information content (AvgIpc) is 2.74. The second kappa shape index (κ2) is 5.57. The van der Waals surface area contributed by atoms with Crippen molar-refractivity contribution in [1.29, 1.82) is 0 Å². The predicted octanol–water partition coefficient (Wildman–Crippen LogP) is 3.77. The van der Waals surface area contributed by atoms with Crippen LogP contribution >= 0.6 is 70.4 Å². The number of carbonyl (C=O) groups excluding carboxylic acids is 1. The summed E-state index contributed by atoms with van der Waals surface area (Å²) < 4.78 is 0.661. The highest BCUT2D eigenvalue weighted by molar-refractivity contribution is 8.53. The number of hydrogen-bond acceptors (Lipinski definition) is 6. The Morgan fingerprint density at radius 1 is 1.47 bits per heavy atom. The van der Waals surface area contributed by atoms with Gasteiger partial charge in [0.25, 0.3) is 0 Å². The Morgan fingerprint density at radius 2 is 2.20 bits per heavy atom. The highest BCUT2D eigenvalue weighted by Gasteiger charge is 2.48. The molecule has 0 amide bonds. The highest BCUT2D eigenvalue weighted by Crippen LogP contribution is 2.68. The zero-order chi connectivity index (χ0) is 10.9. The molecule has 0 unspecified atom stereocenters. The van der Waals surface area contributed by atoms with Gasteiger partial charge in [-0.25, -0.2) is 0 Å². The molecule has 2 aliphatic heterocycles. The van der Waals surface area contributed by atoms with Crippen LogP contribution in [0.15, 0.2) is 0 Å². The zero-order valence-electron chi connectivity index (χ0n) is 8.10. The topological polar surface area (TPSA) is 17.1 Å². The number of hydrogen-bond donors (Lipinski definition) is 0. The fourth-order valence-electron chi connectivity index (χ4n) is 1.32. The summed E-state index contributed by atoms with van der Waals surface area (Å²) in [6.07, 6.45) is 0. The molecule has 2 rings (SSSR count). The first kappa shape index (κ1) is 13.1. The van der Waals surface area contributed by atoms with Crippen LogP contribution < -0.4 is 0 Å². The summed E-state index contributed by atoms with van der Waals surface area (Å²) in [6, 6.07) is 0. The van der Waals surface area contributed by atoms with Crippen molar-refractivity contribution < 1.29 is 4.79 Å². The van der Waals surface area contributed by atoms with Crippen LogP contribution in [0.4, 0.5) is 0 Å². The van der Waals surface area contributed by atoms with E-state index in [0.29, 0.717) is 9.83 Å². The number of halogens is 1. The maximum absolute atomic E-state index is 11.0. The molecule has 0 aromatic rings. The van der Waals surface area contributed by atoms with Crippen molar-refractivity contribution in [3.63, 3.8) is 0 Å². The molecule has 0 aliphatic carbocycles. The lowest BCUT2D eigenvalue weighted by atomic mass is 10.6. The molecule has 0 radical (unpaired) electrons. The summed E-state index contributed by atoms with van der Waals surface area (Å²) in [7, 11) is 0. The van der Waals surface area contributed by atoms with Crippen LogP contribution in [0.25, 0.3) is 0 Å². The van der Waals surface area contributed by atoms with Crippen molar-refractivity contribution in [3.05, 3.63) is 0 Å². The molecular formula is C8H11ClOS5. The van der Waals surface area contributed by atoms with Crippen molar-refractivity contribution in [3.8, 4) is 0 Å². The Labute approximate surface area is 116 Å². The minimum absolute atomic E-state index is 0.229. The highest BCUT2D eigenvalue weighted by atomic mass is 35.5. The van der Waals surface area contributed by atoms with Gasteiger partial charge in [-0.2, -0.15) is 0 Å². The number of rotatable bonds is 2. The quantitative estimate of drug-likeness (QED) is 0.716. The van der Waals surface area contributed by atoms with Crippen molar-refractivity contribution >= 4 is 75.5 Å². The van der Waals surface area contributed by atoms with Gasteiger partial charge >= 0.3 is 0 Å². The summed E-state index contributed by atoms with van der Waals surface area (Å²) in [5, 5.41) is 0.810. The van der Waals surface area contributed by atoms with Gasteiger partial charge in [-0.1, -0.05) is 11.8 Å². The molecule has 0 N–H and O–H groups in total. The van der Waals surface area contributed by atoms with Crippen LogP contribution in [0.3, 0.4) is 0 Å². The lowest BCUT2D eigenvalue weighted by molar-refractivity contribution is -0.109. The second-order valence-corrected chi connectivity index (χ2v) is 12.1. The van der Waals surface area contributed by atoms with Crippen LogP contribution in [0, 0.1) is 0 Å². The number of carbonyl (C=O) groups is 1. The Morgan fingerprint density at radius 3 is 2.80 bits per heavy atom. The molecule has 0 aromatic heterocycles. The van der Waals surface area contributed by atoms with E-state index < -0.39 is 0 Å². The third-order valence-electron chi connectivity index (χ3n) is 1.90. The molecule has 2 aliphatic rings. The minimum atomic E-state index is 0.229. The van der Waals surface area contributed by atoms with E-state index in [-0.39, 0.29) is 7.86 Å². The second-order valence-electron chi connectivity index (χ2n) is 3.17. The molecule has 3 atom stereocenters. The van der Waals surface area contributed by atoms with Gasteiger partial charge in [-0.05, 0) is 0 Å². The van der Waals surface area contributed by atoms with Gasteiger partial charge in [-0.15, -0.1) is 58.6 Å². The van der Waals surface area contributed by atoms with Gasteiger partial charge < -0.3 is 0 Å².